The smallest absolute Gasteiger partial charge is 0.410 e. The Balaban J connectivity index is 2.10. The van der Waals surface area contributed by atoms with E-state index in [9.17, 15) is 14.7 Å². The van der Waals surface area contributed by atoms with Gasteiger partial charge in [0.2, 0.25) is 0 Å². The number of phenols is 1. The molecule has 0 aromatic heterocycles. The molecule has 1 N–H and O–H groups in total. The summed E-state index contributed by atoms with van der Waals surface area (Å²) in [5, 5.41) is 10.4. The van der Waals surface area contributed by atoms with E-state index in [1.165, 1.54) is 12.1 Å². The van der Waals surface area contributed by atoms with Gasteiger partial charge in [0, 0.05) is 25.1 Å². The summed E-state index contributed by atoms with van der Waals surface area (Å²) in [7, 11) is 0. The third-order valence-electron chi connectivity index (χ3n) is 4.20. The summed E-state index contributed by atoms with van der Waals surface area (Å²) in [5.74, 6) is -0.738. The van der Waals surface area contributed by atoms with Crippen LogP contribution in [0.25, 0.3) is 0 Å². The first-order valence-electron chi connectivity index (χ1n) is 8.19. The predicted molar refractivity (Wildman–Crippen MR) is 97.5 cm³/mol. The lowest BCUT2D eigenvalue weighted by atomic mass is 9.81. The number of piperidine rings is 1. The van der Waals surface area contributed by atoms with E-state index in [4.69, 9.17) is 27.9 Å². The standard InChI is InChI=1S/C18H23Cl2NO4/c1-10-9-21(17(24)25-18(2,3)4)6-5-11(10)16(23)12-7-13(19)14(20)8-15(12)22/h7-8,10-11,22H,5-6,9H2,1-4H3. The number of hydrogen-bond acceptors (Lipinski definition) is 4. The van der Waals surface area contributed by atoms with Crippen molar-refractivity contribution in [1.29, 1.82) is 0 Å². The van der Waals surface area contributed by atoms with Gasteiger partial charge in [-0.1, -0.05) is 30.1 Å². The Morgan fingerprint density at radius 3 is 2.40 bits per heavy atom. The number of ether oxygens (including phenoxy) is 1. The minimum Gasteiger partial charge on any atom is -0.507 e. The minimum absolute atomic E-state index is 0.0670. The second-order valence-corrected chi connectivity index (χ2v) is 8.26. The molecule has 0 radical (unpaired) electrons. The normalized spacial score (nSPS) is 21.1. The van der Waals surface area contributed by atoms with Gasteiger partial charge in [-0.3, -0.25) is 4.79 Å². The number of phenolic OH excluding ortho intramolecular Hbond substituents is 1. The van der Waals surface area contributed by atoms with Crippen LogP contribution in [0.2, 0.25) is 10.0 Å². The Bertz CT molecular complexity index is 684. The van der Waals surface area contributed by atoms with E-state index in [1.54, 1.807) is 4.90 Å². The maximum Gasteiger partial charge on any atom is 0.410 e. The van der Waals surface area contributed by atoms with Gasteiger partial charge in [0.05, 0.1) is 15.6 Å². The van der Waals surface area contributed by atoms with E-state index in [0.717, 1.165) is 0 Å². The van der Waals surface area contributed by atoms with Gasteiger partial charge in [0.1, 0.15) is 11.4 Å². The van der Waals surface area contributed by atoms with Gasteiger partial charge in [0.15, 0.2) is 5.78 Å². The summed E-state index contributed by atoms with van der Waals surface area (Å²) in [5.41, 5.74) is -0.393. The largest absolute Gasteiger partial charge is 0.507 e. The van der Waals surface area contributed by atoms with Gasteiger partial charge in [-0.25, -0.2) is 4.79 Å². The zero-order chi connectivity index (χ0) is 18.9. The van der Waals surface area contributed by atoms with Crippen LogP contribution in [-0.2, 0) is 4.74 Å². The summed E-state index contributed by atoms with van der Waals surface area (Å²) in [4.78, 5) is 26.6. The Morgan fingerprint density at radius 1 is 1.24 bits per heavy atom. The minimum atomic E-state index is -0.557. The molecule has 1 aliphatic rings. The number of hydrogen-bond donors (Lipinski definition) is 1. The van der Waals surface area contributed by atoms with E-state index in [-0.39, 0.29) is 45.1 Å². The fourth-order valence-electron chi connectivity index (χ4n) is 2.96. The number of rotatable bonds is 2. The predicted octanol–water partition coefficient (Wildman–Crippen LogP) is 4.77. The van der Waals surface area contributed by atoms with Crippen molar-refractivity contribution in [1.82, 2.24) is 4.90 Å². The van der Waals surface area contributed by atoms with Crippen LogP contribution in [0.1, 0.15) is 44.5 Å². The Hall–Kier alpha value is -1.46. The van der Waals surface area contributed by atoms with Crippen molar-refractivity contribution in [2.45, 2.75) is 39.7 Å². The van der Waals surface area contributed by atoms with Crippen LogP contribution < -0.4 is 0 Å². The lowest BCUT2D eigenvalue weighted by Gasteiger charge is -2.37. The maximum absolute atomic E-state index is 12.8. The first kappa shape index (κ1) is 19.9. The average Bonchev–Trinajstić information content (AvgIpc) is 2.48. The Morgan fingerprint density at radius 2 is 1.84 bits per heavy atom. The SMILES string of the molecule is CC1CN(C(=O)OC(C)(C)C)CCC1C(=O)c1cc(Cl)c(Cl)cc1O. The summed E-state index contributed by atoms with van der Waals surface area (Å²) >= 11 is 11.8. The molecule has 1 aliphatic heterocycles. The fourth-order valence-corrected chi connectivity index (χ4v) is 3.28. The monoisotopic (exact) mass is 387 g/mol. The van der Waals surface area contributed by atoms with Crippen molar-refractivity contribution < 1.29 is 19.4 Å². The summed E-state index contributed by atoms with van der Waals surface area (Å²) in [6.07, 6.45) is 0.126. The van der Waals surface area contributed by atoms with Gasteiger partial charge in [0.25, 0.3) is 0 Å². The Kier molecular flexibility index (Phi) is 5.89. The number of likely N-dealkylation sites (tertiary alicyclic amines) is 1. The van der Waals surface area contributed by atoms with Gasteiger partial charge >= 0.3 is 6.09 Å². The van der Waals surface area contributed by atoms with Crippen LogP contribution in [0.3, 0.4) is 0 Å². The summed E-state index contributed by atoms with van der Waals surface area (Å²) < 4.78 is 5.38. The molecule has 1 aromatic rings. The Labute approximate surface area is 157 Å². The summed E-state index contributed by atoms with van der Waals surface area (Å²) in [6, 6.07) is 2.67. The first-order valence-corrected chi connectivity index (χ1v) is 8.95. The molecule has 2 rings (SSSR count). The fraction of sp³-hybridized carbons (Fsp3) is 0.556. The van der Waals surface area contributed by atoms with Gasteiger partial charge in [-0.05, 0) is 39.2 Å². The highest BCUT2D eigenvalue weighted by molar-refractivity contribution is 6.42. The maximum atomic E-state index is 12.8. The molecule has 1 heterocycles. The van der Waals surface area contributed by atoms with Crippen LogP contribution in [0.5, 0.6) is 5.75 Å². The van der Waals surface area contributed by atoms with Crippen molar-refractivity contribution in [2.24, 2.45) is 11.8 Å². The second kappa shape index (κ2) is 7.42. The zero-order valence-electron chi connectivity index (χ0n) is 14.8. The van der Waals surface area contributed by atoms with Crippen molar-refractivity contribution in [3.05, 3.63) is 27.7 Å². The molecule has 7 heteroatoms. The van der Waals surface area contributed by atoms with Crippen molar-refractivity contribution in [3.63, 3.8) is 0 Å². The van der Waals surface area contributed by atoms with Crippen LogP contribution in [0.4, 0.5) is 4.79 Å². The molecule has 25 heavy (non-hydrogen) atoms. The number of Topliss-reactive ketones (excluding diaryl/α,β-unsaturated/α-hetero) is 1. The first-order chi connectivity index (χ1) is 11.5. The van der Waals surface area contributed by atoms with Gasteiger partial charge in [-0.2, -0.15) is 0 Å². The molecule has 5 nitrogen and oxygen atoms in total. The highest BCUT2D eigenvalue weighted by Crippen LogP contribution is 2.34. The third-order valence-corrected chi connectivity index (χ3v) is 4.92. The van der Waals surface area contributed by atoms with E-state index in [2.05, 4.69) is 0 Å². The van der Waals surface area contributed by atoms with Crippen LogP contribution >= 0.6 is 23.2 Å². The zero-order valence-corrected chi connectivity index (χ0v) is 16.3. The van der Waals surface area contributed by atoms with Crippen molar-refractivity contribution >= 4 is 35.1 Å². The highest BCUT2D eigenvalue weighted by Gasteiger charge is 2.36. The molecular formula is C18H23Cl2NO4. The van der Waals surface area contributed by atoms with E-state index in [1.807, 2.05) is 27.7 Å². The highest BCUT2D eigenvalue weighted by atomic mass is 35.5. The van der Waals surface area contributed by atoms with Crippen LogP contribution in [-0.4, -0.2) is 40.6 Å². The van der Waals surface area contributed by atoms with Crippen LogP contribution in [0, 0.1) is 11.8 Å². The number of benzene rings is 1. The van der Waals surface area contributed by atoms with E-state index in [0.29, 0.717) is 19.5 Å². The molecule has 1 amide bonds. The van der Waals surface area contributed by atoms with Crippen molar-refractivity contribution in [2.75, 3.05) is 13.1 Å². The average molecular weight is 388 g/mol. The molecule has 0 bridgehead atoms. The summed E-state index contributed by atoms with van der Waals surface area (Å²) in [6.45, 7) is 8.21. The molecule has 2 unspecified atom stereocenters. The number of nitrogens with zero attached hydrogens (tertiary/aromatic N) is 1. The van der Waals surface area contributed by atoms with Gasteiger partial charge < -0.3 is 14.7 Å². The number of carbonyl (C=O) groups excluding carboxylic acids is 2. The van der Waals surface area contributed by atoms with E-state index >= 15 is 0 Å². The number of aromatic hydroxyl groups is 1. The molecule has 138 valence electrons. The topological polar surface area (TPSA) is 66.8 Å². The number of ketones is 1. The van der Waals surface area contributed by atoms with Crippen molar-refractivity contribution in [3.8, 4) is 5.75 Å². The molecule has 0 aliphatic carbocycles. The molecule has 0 spiro atoms. The van der Waals surface area contributed by atoms with Crippen LogP contribution in [0.15, 0.2) is 12.1 Å². The van der Waals surface area contributed by atoms with E-state index < -0.39 is 5.60 Å². The third kappa shape index (κ3) is 4.79. The number of amides is 1. The molecular weight excluding hydrogens is 365 g/mol. The molecule has 1 fully saturated rings. The number of carbonyl (C=O) groups is 2. The second-order valence-electron chi connectivity index (χ2n) is 7.45. The lowest BCUT2D eigenvalue weighted by molar-refractivity contribution is 0.0118. The van der Waals surface area contributed by atoms with Gasteiger partial charge in [-0.15, -0.1) is 0 Å². The molecule has 1 saturated heterocycles. The molecule has 0 saturated carbocycles. The molecule has 1 aromatic carbocycles. The molecule has 2 atom stereocenters. The quantitative estimate of drug-likeness (QED) is 0.741. The number of halogens is 2. The lowest BCUT2D eigenvalue weighted by Crippen LogP contribution is -2.46.